The van der Waals surface area contributed by atoms with Crippen molar-refractivity contribution in [1.29, 1.82) is 0 Å². The fourth-order valence-corrected chi connectivity index (χ4v) is 4.49. The van der Waals surface area contributed by atoms with Gasteiger partial charge in [-0.3, -0.25) is 9.69 Å². The third-order valence-corrected chi connectivity index (χ3v) is 6.08. The number of anilines is 2. The second-order valence-corrected chi connectivity index (χ2v) is 9.62. The highest BCUT2D eigenvalue weighted by Crippen LogP contribution is 2.47. The van der Waals surface area contributed by atoms with Crippen LogP contribution in [0.15, 0.2) is 46.9 Å². The smallest absolute Gasteiger partial charge is 0.415 e. The fraction of sp³-hybridized carbons (Fsp3) is 0.391. The summed E-state index contributed by atoms with van der Waals surface area (Å²) >= 11 is 3.43. The molecule has 2 amide bonds. The molecule has 1 unspecified atom stereocenters. The molecule has 4 rings (SSSR count). The maximum absolute atomic E-state index is 13.8. The maximum Gasteiger partial charge on any atom is 0.415 e. The number of carbonyl (C=O) groups is 2. The molecule has 1 spiro atoms. The van der Waals surface area contributed by atoms with Crippen molar-refractivity contribution in [3.8, 4) is 5.75 Å². The van der Waals surface area contributed by atoms with Gasteiger partial charge in [-0.1, -0.05) is 22.0 Å². The summed E-state index contributed by atoms with van der Waals surface area (Å²) in [7, 11) is 1.58. The van der Waals surface area contributed by atoms with Crippen LogP contribution in [-0.2, 0) is 16.0 Å². The molecule has 2 aromatic carbocycles. The van der Waals surface area contributed by atoms with E-state index in [1.54, 1.807) is 16.9 Å². The van der Waals surface area contributed by atoms with Crippen LogP contribution in [0.2, 0.25) is 0 Å². The third kappa shape index (κ3) is 3.45. The lowest BCUT2D eigenvalue weighted by Gasteiger charge is -2.35. The van der Waals surface area contributed by atoms with Crippen molar-refractivity contribution >= 4 is 39.3 Å². The number of methoxy groups -OCH3 is 1. The van der Waals surface area contributed by atoms with Crippen LogP contribution in [0, 0.1) is 0 Å². The standard InChI is InChI=1S/C23H25BrN2O4/c1-22(2,3)30-21(28)26-19-13-18(29-4)10-5-15(19)14-23(26)11-12-25(20(23)27)17-8-6-16(24)7-9-17/h5-10,13H,11-12,14H2,1-4H3. The number of nitrogens with zero attached hydrogens (tertiary/aromatic N) is 2. The molecule has 2 aromatic rings. The Morgan fingerprint density at radius 2 is 1.83 bits per heavy atom. The second-order valence-electron chi connectivity index (χ2n) is 8.70. The van der Waals surface area contributed by atoms with Gasteiger partial charge in [0.2, 0.25) is 0 Å². The van der Waals surface area contributed by atoms with Crippen LogP contribution in [0.25, 0.3) is 0 Å². The molecule has 30 heavy (non-hydrogen) atoms. The van der Waals surface area contributed by atoms with Gasteiger partial charge in [-0.15, -0.1) is 0 Å². The van der Waals surface area contributed by atoms with Crippen molar-refractivity contribution in [2.75, 3.05) is 23.5 Å². The predicted molar refractivity (Wildman–Crippen MR) is 119 cm³/mol. The monoisotopic (exact) mass is 472 g/mol. The highest BCUT2D eigenvalue weighted by molar-refractivity contribution is 9.10. The summed E-state index contributed by atoms with van der Waals surface area (Å²) in [5, 5.41) is 0. The lowest BCUT2D eigenvalue weighted by atomic mass is 9.92. The van der Waals surface area contributed by atoms with E-state index in [0.717, 1.165) is 15.7 Å². The van der Waals surface area contributed by atoms with Gasteiger partial charge < -0.3 is 14.4 Å². The topological polar surface area (TPSA) is 59.1 Å². The number of fused-ring (bicyclic) bond motifs is 1. The van der Waals surface area contributed by atoms with Gasteiger partial charge >= 0.3 is 6.09 Å². The Kier molecular flexibility index (Phi) is 5.04. The largest absolute Gasteiger partial charge is 0.497 e. The first-order chi connectivity index (χ1) is 14.1. The van der Waals surface area contributed by atoms with E-state index >= 15 is 0 Å². The number of carbonyl (C=O) groups excluding carboxylic acids is 2. The van der Waals surface area contributed by atoms with Gasteiger partial charge in [0, 0.05) is 29.2 Å². The molecular formula is C23H25BrN2O4. The number of amides is 2. The minimum absolute atomic E-state index is 0.0918. The summed E-state index contributed by atoms with van der Waals surface area (Å²) in [6.45, 7) is 6.01. The van der Waals surface area contributed by atoms with E-state index < -0.39 is 17.2 Å². The van der Waals surface area contributed by atoms with Gasteiger partial charge in [0.25, 0.3) is 5.91 Å². The average molecular weight is 473 g/mol. The van der Waals surface area contributed by atoms with Crippen molar-refractivity contribution < 1.29 is 19.1 Å². The molecule has 0 aromatic heterocycles. The van der Waals surface area contributed by atoms with Gasteiger partial charge in [-0.05, 0) is 63.1 Å². The Bertz CT molecular complexity index is 999. The third-order valence-electron chi connectivity index (χ3n) is 5.55. The molecule has 0 bridgehead atoms. The van der Waals surface area contributed by atoms with E-state index in [2.05, 4.69) is 15.9 Å². The van der Waals surface area contributed by atoms with Gasteiger partial charge in [-0.25, -0.2) is 4.79 Å². The minimum atomic E-state index is -0.996. The van der Waals surface area contributed by atoms with Crippen LogP contribution >= 0.6 is 15.9 Å². The van der Waals surface area contributed by atoms with Crippen LogP contribution in [0.3, 0.4) is 0 Å². The van der Waals surface area contributed by atoms with E-state index in [-0.39, 0.29) is 5.91 Å². The molecule has 2 heterocycles. The number of ether oxygens (including phenoxy) is 2. The van der Waals surface area contributed by atoms with Gasteiger partial charge in [0.1, 0.15) is 16.9 Å². The van der Waals surface area contributed by atoms with E-state index in [1.165, 1.54) is 0 Å². The molecule has 1 saturated heterocycles. The zero-order valence-electron chi connectivity index (χ0n) is 17.6. The summed E-state index contributed by atoms with van der Waals surface area (Å²) in [5.41, 5.74) is 0.761. The van der Waals surface area contributed by atoms with Gasteiger partial charge in [0.05, 0.1) is 12.8 Å². The summed E-state index contributed by atoms with van der Waals surface area (Å²) < 4.78 is 12.0. The molecule has 1 fully saturated rings. The zero-order valence-corrected chi connectivity index (χ0v) is 19.2. The zero-order chi connectivity index (χ0) is 21.7. The van der Waals surface area contributed by atoms with Crippen molar-refractivity contribution in [3.63, 3.8) is 0 Å². The molecule has 0 saturated carbocycles. The van der Waals surface area contributed by atoms with Crippen molar-refractivity contribution in [2.24, 2.45) is 0 Å². The van der Waals surface area contributed by atoms with E-state index in [0.29, 0.717) is 30.8 Å². The quantitative estimate of drug-likeness (QED) is 0.621. The average Bonchev–Trinajstić information content (AvgIpc) is 3.18. The van der Waals surface area contributed by atoms with Gasteiger partial charge in [0.15, 0.2) is 0 Å². The lowest BCUT2D eigenvalue weighted by molar-refractivity contribution is -0.121. The summed E-state index contributed by atoms with van der Waals surface area (Å²) in [6, 6.07) is 13.2. The fourth-order valence-electron chi connectivity index (χ4n) is 4.23. The number of hydrogen-bond acceptors (Lipinski definition) is 4. The Labute approximate surface area is 184 Å². The molecule has 2 aliphatic rings. The molecule has 158 valence electrons. The Balaban J connectivity index is 1.76. The van der Waals surface area contributed by atoms with E-state index in [1.807, 2.05) is 63.2 Å². The molecule has 2 aliphatic heterocycles. The maximum atomic E-state index is 13.8. The first kappa shape index (κ1) is 20.7. The normalized spacial score (nSPS) is 20.6. The van der Waals surface area contributed by atoms with Crippen molar-refractivity contribution in [3.05, 3.63) is 52.5 Å². The second kappa shape index (κ2) is 7.30. The summed E-state index contributed by atoms with van der Waals surface area (Å²) in [5.74, 6) is 0.542. The molecule has 0 N–H and O–H groups in total. The Morgan fingerprint density at radius 1 is 1.13 bits per heavy atom. The Morgan fingerprint density at radius 3 is 2.47 bits per heavy atom. The minimum Gasteiger partial charge on any atom is -0.497 e. The summed E-state index contributed by atoms with van der Waals surface area (Å²) in [4.78, 5) is 30.4. The molecule has 1 atom stereocenters. The molecule has 6 nitrogen and oxygen atoms in total. The van der Waals surface area contributed by atoms with Crippen LogP contribution in [0.1, 0.15) is 32.8 Å². The first-order valence-electron chi connectivity index (χ1n) is 9.92. The SMILES string of the molecule is COc1ccc2c(c1)N(C(=O)OC(C)(C)C)C1(CCN(c3ccc(Br)cc3)C1=O)C2. The molecular weight excluding hydrogens is 448 g/mol. The number of halogens is 1. The van der Waals surface area contributed by atoms with Crippen molar-refractivity contribution in [2.45, 2.75) is 44.8 Å². The highest BCUT2D eigenvalue weighted by Gasteiger charge is 2.58. The van der Waals surface area contributed by atoms with Gasteiger partial charge in [-0.2, -0.15) is 0 Å². The van der Waals surface area contributed by atoms with E-state index in [4.69, 9.17) is 9.47 Å². The van der Waals surface area contributed by atoms with Crippen LogP contribution in [-0.4, -0.2) is 36.8 Å². The number of benzene rings is 2. The Hall–Kier alpha value is -2.54. The summed E-state index contributed by atoms with van der Waals surface area (Å²) in [6.07, 6.45) is 0.468. The number of hydrogen-bond donors (Lipinski definition) is 0. The molecule has 0 radical (unpaired) electrons. The first-order valence-corrected chi connectivity index (χ1v) is 10.7. The molecule has 7 heteroatoms. The highest BCUT2D eigenvalue weighted by atomic mass is 79.9. The molecule has 0 aliphatic carbocycles. The lowest BCUT2D eigenvalue weighted by Crippen LogP contribution is -2.56. The van der Waals surface area contributed by atoms with Crippen LogP contribution < -0.4 is 14.5 Å². The van der Waals surface area contributed by atoms with Crippen LogP contribution in [0.4, 0.5) is 16.2 Å². The van der Waals surface area contributed by atoms with Crippen LogP contribution in [0.5, 0.6) is 5.75 Å². The predicted octanol–water partition coefficient (Wildman–Crippen LogP) is 4.93. The van der Waals surface area contributed by atoms with Crippen molar-refractivity contribution in [1.82, 2.24) is 0 Å². The van der Waals surface area contributed by atoms with E-state index in [9.17, 15) is 9.59 Å². The number of rotatable bonds is 2.